The fourth-order valence-corrected chi connectivity index (χ4v) is 1.55. The van der Waals surface area contributed by atoms with Crippen molar-refractivity contribution in [3.63, 3.8) is 0 Å². The van der Waals surface area contributed by atoms with Crippen molar-refractivity contribution in [2.75, 3.05) is 0 Å². The van der Waals surface area contributed by atoms with E-state index >= 15 is 0 Å². The van der Waals surface area contributed by atoms with Crippen LogP contribution in [0.15, 0.2) is 29.3 Å². The van der Waals surface area contributed by atoms with E-state index in [9.17, 15) is 18.3 Å². The van der Waals surface area contributed by atoms with Gasteiger partial charge in [-0.15, -0.1) is 0 Å². The number of aliphatic hydroxyl groups excluding tert-OH is 1. The van der Waals surface area contributed by atoms with Gasteiger partial charge in [-0.1, -0.05) is 0 Å². The largest absolute Gasteiger partial charge is 0.416 e. The van der Waals surface area contributed by atoms with Crippen molar-refractivity contribution in [1.29, 1.82) is 5.26 Å². The highest BCUT2D eigenvalue weighted by atomic mass is 19.4. The molecule has 3 nitrogen and oxygen atoms in total. The molecule has 0 fully saturated rings. The van der Waals surface area contributed by atoms with Crippen LogP contribution in [0.2, 0.25) is 0 Å². The Morgan fingerprint density at radius 3 is 2.21 bits per heavy atom. The molecule has 0 saturated heterocycles. The molecule has 0 radical (unpaired) electrons. The summed E-state index contributed by atoms with van der Waals surface area (Å²) in [5.74, 6) is -0.776. The quantitative estimate of drug-likeness (QED) is 0.856. The van der Waals surface area contributed by atoms with E-state index in [1.807, 2.05) is 6.07 Å². The van der Waals surface area contributed by atoms with E-state index in [4.69, 9.17) is 5.26 Å². The van der Waals surface area contributed by atoms with Crippen LogP contribution >= 0.6 is 0 Å². The standard InChI is InChI=1S/C13H13F3N2O/c1-8(12(7-17)9(2)19)18-11-5-3-10(4-6-11)13(14,15)16/h3-6,9,12,19H,1-2H3. The molecule has 102 valence electrons. The highest BCUT2D eigenvalue weighted by molar-refractivity contribution is 5.89. The van der Waals surface area contributed by atoms with Gasteiger partial charge in [0.2, 0.25) is 0 Å². The van der Waals surface area contributed by atoms with E-state index in [2.05, 4.69) is 4.99 Å². The summed E-state index contributed by atoms with van der Waals surface area (Å²) in [7, 11) is 0. The van der Waals surface area contributed by atoms with Gasteiger partial charge in [-0.05, 0) is 38.1 Å². The van der Waals surface area contributed by atoms with E-state index in [-0.39, 0.29) is 0 Å². The minimum absolute atomic E-state index is 0.311. The van der Waals surface area contributed by atoms with E-state index in [0.29, 0.717) is 11.4 Å². The molecule has 0 aliphatic carbocycles. The summed E-state index contributed by atoms with van der Waals surface area (Å²) in [4.78, 5) is 4.04. The second-order valence-electron chi connectivity index (χ2n) is 4.15. The molecule has 2 unspecified atom stereocenters. The van der Waals surface area contributed by atoms with Crippen molar-refractivity contribution in [2.24, 2.45) is 10.9 Å². The highest BCUT2D eigenvalue weighted by Gasteiger charge is 2.29. The number of hydrogen-bond acceptors (Lipinski definition) is 3. The third-order valence-electron chi connectivity index (χ3n) is 2.57. The van der Waals surface area contributed by atoms with Crippen LogP contribution in [0.5, 0.6) is 0 Å². The summed E-state index contributed by atoms with van der Waals surface area (Å²) in [6.07, 6.45) is -5.27. The first kappa shape index (κ1) is 15.2. The fourth-order valence-electron chi connectivity index (χ4n) is 1.55. The average molecular weight is 270 g/mol. The molecular weight excluding hydrogens is 257 g/mol. The van der Waals surface area contributed by atoms with E-state index in [1.165, 1.54) is 19.1 Å². The summed E-state index contributed by atoms with van der Waals surface area (Å²) in [5.41, 5.74) is -0.0832. The maximum atomic E-state index is 12.4. The predicted octanol–water partition coefficient (Wildman–Crippen LogP) is 3.32. The van der Waals surface area contributed by atoms with Crippen LogP contribution in [0.25, 0.3) is 0 Å². The molecular formula is C13H13F3N2O. The Kier molecular flexibility index (Phi) is 4.67. The Hall–Kier alpha value is -1.87. The van der Waals surface area contributed by atoms with Crippen molar-refractivity contribution in [3.8, 4) is 6.07 Å². The SMILES string of the molecule is CC(=Nc1ccc(C(F)(F)F)cc1)C(C#N)C(C)O. The van der Waals surface area contributed by atoms with E-state index in [1.54, 1.807) is 6.92 Å². The number of rotatable bonds is 3. The van der Waals surface area contributed by atoms with Crippen LogP contribution in [-0.2, 0) is 6.18 Å². The van der Waals surface area contributed by atoms with Crippen LogP contribution in [0.3, 0.4) is 0 Å². The zero-order valence-electron chi connectivity index (χ0n) is 10.4. The maximum Gasteiger partial charge on any atom is 0.416 e. The lowest BCUT2D eigenvalue weighted by atomic mass is 10.0. The molecule has 0 amide bonds. The second kappa shape index (κ2) is 5.85. The van der Waals surface area contributed by atoms with Crippen molar-refractivity contribution >= 4 is 11.4 Å². The van der Waals surface area contributed by atoms with Crippen LogP contribution in [0.4, 0.5) is 18.9 Å². The number of aliphatic hydroxyl groups is 1. The molecule has 6 heteroatoms. The lowest BCUT2D eigenvalue weighted by molar-refractivity contribution is -0.137. The smallest absolute Gasteiger partial charge is 0.392 e. The molecule has 0 aliphatic heterocycles. The van der Waals surface area contributed by atoms with Crippen LogP contribution in [0.1, 0.15) is 19.4 Å². The number of nitriles is 1. The summed E-state index contributed by atoms with van der Waals surface area (Å²) in [6, 6.07) is 6.20. The Morgan fingerprint density at radius 1 is 1.32 bits per heavy atom. The molecule has 0 bridgehead atoms. The summed E-state index contributed by atoms with van der Waals surface area (Å²) in [6.45, 7) is 3.01. The molecule has 19 heavy (non-hydrogen) atoms. The molecule has 1 aromatic carbocycles. The lowest BCUT2D eigenvalue weighted by Crippen LogP contribution is -2.22. The molecule has 0 spiro atoms. The first-order chi connectivity index (χ1) is 8.75. The van der Waals surface area contributed by atoms with Gasteiger partial charge in [0.15, 0.2) is 0 Å². The van der Waals surface area contributed by atoms with Crippen LogP contribution in [0, 0.1) is 17.2 Å². The lowest BCUT2D eigenvalue weighted by Gasteiger charge is -2.11. The number of aliphatic imine (C=N–C) groups is 1. The van der Waals surface area contributed by atoms with Gasteiger partial charge in [-0.25, -0.2) is 0 Å². The molecule has 1 aromatic rings. The number of hydrogen-bond donors (Lipinski definition) is 1. The van der Waals surface area contributed by atoms with E-state index < -0.39 is 23.8 Å². The normalized spacial score (nSPS) is 15.7. The Labute approximate surface area is 109 Å². The van der Waals surface area contributed by atoms with Gasteiger partial charge in [0, 0.05) is 5.71 Å². The molecule has 0 saturated carbocycles. The van der Waals surface area contributed by atoms with Gasteiger partial charge >= 0.3 is 6.18 Å². The minimum atomic E-state index is -4.38. The monoisotopic (exact) mass is 270 g/mol. The fraction of sp³-hybridized carbons (Fsp3) is 0.385. The third-order valence-corrected chi connectivity index (χ3v) is 2.57. The van der Waals surface area contributed by atoms with Gasteiger partial charge in [0.1, 0.15) is 5.92 Å². The first-order valence-corrected chi connectivity index (χ1v) is 5.56. The highest BCUT2D eigenvalue weighted by Crippen LogP contribution is 2.30. The predicted molar refractivity (Wildman–Crippen MR) is 65.0 cm³/mol. The minimum Gasteiger partial charge on any atom is -0.392 e. The summed E-state index contributed by atoms with van der Waals surface area (Å²) < 4.78 is 37.1. The molecule has 0 aromatic heterocycles. The molecule has 1 N–H and O–H groups in total. The van der Waals surface area contributed by atoms with Crippen LogP contribution in [-0.4, -0.2) is 16.9 Å². The summed E-state index contributed by atoms with van der Waals surface area (Å²) in [5, 5.41) is 18.2. The molecule has 0 aliphatic rings. The van der Waals surface area contributed by atoms with Crippen molar-refractivity contribution < 1.29 is 18.3 Å². The van der Waals surface area contributed by atoms with Gasteiger partial charge in [0.25, 0.3) is 0 Å². The first-order valence-electron chi connectivity index (χ1n) is 5.56. The Morgan fingerprint density at radius 2 is 1.84 bits per heavy atom. The number of benzene rings is 1. The van der Waals surface area contributed by atoms with Gasteiger partial charge in [-0.2, -0.15) is 18.4 Å². The van der Waals surface area contributed by atoms with Crippen molar-refractivity contribution in [3.05, 3.63) is 29.8 Å². The average Bonchev–Trinajstić information content (AvgIpc) is 2.28. The number of nitrogens with zero attached hydrogens (tertiary/aromatic N) is 2. The van der Waals surface area contributed by atoms with Crippen molar-refractivity contribution in [1.82, 2.24) is 0 Å². The molecule has 1 rings (SSSR count). The van der Waals surface area contributed by atoms with Gasteiger partial charge < -0.3 is 5.11 Å². The topological polar surface area (TPSA) is 56.4 Å². The Balaban J connectivity index is 2.97. The van der Waals surface area contributed by atoms with Gasteiger partial charge in [0.05, 0.1) is 23.4 Å². The number of halogens is 3. The van der Waals surface area contributed by atoms with Crippen molar-refractivity contribution in [2.45, 2.75) is 26.1 Å². The molecule has 0 heterocycles. The van der Waals surface area contributed by atoms with Crippen LogP contribution < -0.4 is 0 Å². The summed E-state index contributed by atoms with van der Waals surface area (Å²) >= 11 is 0. The zero-order valence-corrected chi connectivity index (χ0v) is 10.4. The zero-order chi connectivity index (χ0) is 14.6. The maximum absolute atomic E-state index is 12.4. The Bertz CT molecular complexity index is 498. The molecule has 2 atom stereocenters. The second-order valence-corrected chi connectivity index (χ2v) is 4.15. The number of alkyl halides is 3. The third kappa shape index (κ3) is 4.07. The van der Waals surface area contributed by atoms with E-state index in [0.717, 1.165) is 12.1 Å². The van der Waals surface area contributed by atoms with Gasteiger partial charge in [-0.3, -0.25) is 4.99 Å².